The molecule has 1 atom stereocenters. The van der Waals surface area contributed by atoms with Crippen LogP contribution in [0.3, 0.4) is 0 Å². The molecule has 0 aromatic heterocycles. The summed E-state index contributed by atoms with van der Waals surface area (Å²) >= 11 is 0. The minimum Gasteiger partial charge on any atom is -0.468 e. The molecule has 1 rings (SSSR count). The summed E-state index contributed by atoms with van der Waals surface area (Å²) in [4.78, 5) is 11.1. The average Bonchev–Trinajstić information content (AvgIpc) is 2.22. The van der Waals surface area contributed by atoms with Crippen LogP contribution >= 0.6 is 0 Å². The molecule has 4 heteroatoms. The quantitative estimate of drug-likeness (QED) is 0.764. The molecule has 2 N–H and O–H groups in total. The number of benzene rings is 1. The van der Waals surface area contributed by atoms with Gasteiger partial charge in [0, 0.05) is 0 Å². The van der Waals surface area contributed by atoms with Gasteiger partial charge >= 0.3 is 5.97 Å². The fourth-order valence-corrected chi connectivity index (χ4v) is 1.33. The highest BCUT2D eigenvalue weighted by molar-refractivity contribution is 5.75. The summed E-state index contributed by atoms with van der Waals surface area (Å²) in [5.41, 5.74) is 7.22. The van der Waals surface area contributed by atoms with Crippen molar-refractivity contribution in [1.82, 2.24) is 0 Å². The lowest BCUT2D eigenvalue weighted by atomic mass is 10.0. The van der Waals surface area contributed by atoms with E-state index in [1.54, 1.807) is 6.07 Å². The Hall–Kier alpha value is -1.42. The second-order valence-electron chi connectivity index (χ2n) is 3.40. The Morgan fingerprint density at radius 1 is 1.60 bits per heavy atom. The zero-order chi connectivity index (χ0) is 11.4. The second kappa shape index (κ2) is 4.89. The molecule has 0 heterocycles. The smallest absolute Gasteiger partial charge is 0.322 e. The van der Waals surface area contributed by atoms with Crippen LogP contribution in [0.1, 0.15) is 11.1 Å². The van der Waals surface area contributed by atoms with Gasteiger partial charge in [0.1, 0.15) is 11.9 Å². The lowest BCUT2D eigenvalue weighted by Crippen LogP contribution is -2.33. The van der Waals surface area contributed by atoms with Gasteiger partial charge < -0.3 is 10.5 Å². The van der Waals surface area contributed by atoms with Crippen LogP contribution in [-0.4, -0.2) is 19.1 Å². The SMILES string of the molecule is COC(=O)C(N)Cc1cc(F)ccc1C. The van der Waals surface area contributed by atoms with Gasteiger partial charge in [-0.25, -0.2) is 4.39 Å². The Kier molecular flexibility index (Phi) is 3.80. The Morgan fingerprint density at radius 3 is 2.87 bits per heavy atom. The van der Waals surface area contributed by atoms with Crippen molar-refractivity contribution >= 4 is 5.97 Å². The number of hydrogen-bond acceptors (Lipinski definition) is 3. The number of nitrogens with two attached hydrogens (primary N) is 1. The molecular formula is C11H14FNO2. The maximum atomic E-state index is 12.9. The predicted octanol–water partition coefficient (Wildman–Crippen LogP) is 1.18. The van der Waals surface area contributed by atoms with Crippen molar-refractivity contribution in [3.05, 3.63) is 35.1 Å². The van der Waals surface area contributed by atoms with Gasteiger partial charge in [-0.1, -0.05) is 6.07 Å². The summed E-state index contributed by atoms with van der Waals surface area (Å²) in [7, 11) is 1.28. The van der Waals surface area contributed by atoms with Crippen molar-refractivity contribution in [2.75, 3.05) is 7.11 Å². The van der Waals surface area contributed by atoms with Crippen molar-refractivity contribution < 1.29 is 13.9 Å². The molecule has 3 nitrogen and oxygen atoms in total. The van der Waals surface area contributed by atoms with Crippen molar-refractivity contribution in [2.24, 2.45) is 5.73 Å². The Bertz CT molecular complexity index is 366. The second-order valence-corrected chi connectivity index (χ2v) is 3.40. The highest BCUT2D eigenvalue weighted by Gasteiger charge is 2.15. The monoisotopic (exact) mass is 211 g/mol. The van der Waals surface area contributed by atoms with E-state index >= 15 is 0 Å². The highest BCUT2D eigenvalue weighted by atomic mass is 19.1. The number of rotatable bonds is 3. The summed E-state index contributed by atoms with van der Waals surface area (Å²) < 4.78 is 17.4. The van der Waals surface area contributed by atoms with E-state index < -0.39 is 12.0 Å². The van der Waals surface area contributed by atoms with E-state index in [0.29, 0.717) is 0 Å². The van der Waals surface area contributed by atoms with Gasteiger partial charge in [-0.2, -0.15) is 0 Å². The number of esters is 1. The first-order chi connectivity index (χ1) is 7.04. The zero-order valence-corrected chi connectivity index (χ0v) is 8.79. The van der Waals surface area contributed by atoms with Crippen molar-refractivity contribution in [2.45, 2.75) is 19.4 Å². The van der Waals surface area contributed by atoms with Gasteiger partial charge in [0.15, 0.2) is 0 Å². The van der Waals surface area contributed by atoms with E-state index in [1.807, 2.05) is 6.92 Å². The molecule has 0 radical (unpaired) electrons. The molecule has 0 aliphatic carbocycles. The molecule has 1 aromatic rings. The Balaban J connectivity index is 2.80. The third-order valence-corrected chi connectivity index (χ3v) is 2.25. The van der Waals surface area contributed by atoms with E-state index in [2.05, 4.69) is 4.74 Å². The van der Waals surface area contributed by atoms with Gasteiger partial charge in [0.05, 0.1) is 7.11 Å². The number of halogens is 1. The third-order valence-electron chi connectivity index (χ3n) is 2.25. The van der Waals surface area contributed by atoms with Gasteiger partial charge in [0.25, 0.3) is 0 Å². The van der Waals surface area contributed by atoms with Gasteiger partial charge in [-0.05, 0) is 36.6 Å². The van der Waals surface area contributed by atoms with Crippen LogP contribution < -0.4 is 5.73 Å². The number of aryl methyl sites for hydroxylation is 1. The molecule has 0 aliphatic rings. The fraction of sp³-hybridized carbons (Fsp3) is 0.364. The summed E-state index contributed by atoms with van der Waals surface area (Å²) in [6.07, 6.45) is 0.288. The summed E-state index contributed by atoms with van der Waals surface area (Å²) in [6, 6.07) is 3.69. The molecule has 0 fully saturated rings. The van der Waals surface area contributed by atoms with E-state index in [4.69, 9.17) is 5.73 Å². The first kappa shape index (κ1) is 11.7. The van der Waals surface area contributed by atoms with Gasteiger partial charge in [0.2, 0.25) is 0 Å². The van der Waals surface area contributed by atoms with Crippen LogP contribution in [0.5, 0.6) is 0 Å². The van der Waals surface area contributed by atoms with Crippen LogP contribution in [0.25, 0.3) is 0 Å². The maximum absolute atomic E-state index is 12.9. The number of carbonyl (C=O) groups excluding carboxylic acids is 1. The first-order valence-corrected chi connectivity index (χ1v) is 4.63. The minimum absolute atomic E-state index is 0.288. The molecule has 15 heavy (non-hydrogen) atoms. The predicted molar refractivity (Wildman–Crippen MR) is 54.8 cm³/mol. The number of ether oxygens (including phenoxy) is 1. The van der Waals surface area contributed by atoms with Crippen molar-refractivity contribution in [3.8, 4) is 0 Å². The molecule has 1 unspecified atom stereocenters. The summed E-state index contributed by atoms with van der Waals surface area (Å²) in [5.74, 6) is -0.814. The zero-order valence-electron chi connectivity index (χ0n) is 8.79. The maximum Gasteiger partial charge on any atom is 0.322 e. The van der Waals surface area contributed by atoms with Gasteiger partial charge in [-0.15, -0.1) is 0 Å². The highest BCUT2D eigenvalue weighted by Crippen LogP contribution is 2.12. The molecule has 0 aliphatic heterocycles. The Labute approximate surface area is 88.0 Å². The van der Waals surface area contributed by atoms with E-state index in [-0.39, 0.29) is 12.2 Å². The molecule has 82 valence electrons. The van der Waals surface area contributed by atoms with Crippen molar-refractivity contribution in [3.63, 3.8) is 0 Å². The van der Waals surface area contributed by atoms with Crippen LogP contribution in [0.15, 0.2) is 18.2 Å². The molecule has 0 spiro atoms. The average molecular weight is 211 g/mol. The van der Waals surface area contributed by atoms with E-state index in [1.165, 1.54) is 19.2 Å². The first-order valence-electron chi connectivity index (χ1n) is 4.63. The third kappa shape index (κ3) is 3.02. The van der Waals surface area contributed by atoms with E-state index in [0.717, 1.165) is 11.1 Å². The molecule has 0 bridgehead atoms. The largest absolute Gasteiger partial charge is 0.468 e. The Morgan fingerprint density at radius 2 is 2.27 bits per heavy atom. The number of methoxy groups -OCH3 is 1. The topological polar surface area (TPSA) is 52.3 Å². The molecule has 0 saturated heterocycles. The normalized spacial score (nSPS) is 12.3. The number of hydrogen-bond donors (Lipinski definition) is 1. The molecular weight excluding hydrogens is 197 g/mol. The summed E-state index contributed by atoms with van der Waals surface area (Å²) in [5, 5.41) is 0. The van der Waals surface area contributed by atoms with E-state index in [9.17, 15) is 9.18 Å². The van der Waals surface area contributed by atoms with Crippen molar-refractivity contribution in [1.29, 1.82) is 0 Å². The minimum atomic E-state index is -0.740. The number of carbonyl (C=O) groups is 1. The van der Waals surface area contributed by atoms with Crippen LogP contribution in [0, 0.1) is 12.7 Å². The fourth-order valence-electron chi connectivity index (χ4n) is 1.33. The van der Waals surface area contributed by atoms with Crippen LogP contribution in [0.4, 0.5) is 4.39 Å². The molecule has 0 amide bonds. The van der Waals surface area contributed by atoms with Crippen LogP contribution in [-0.2, 0) is 16.0 Å². The molecule has 1 aromatic carbocycles. The van der Waals surface area contributed by atoms with Gasteiger partial charge in [-0.3, -0.25) is 4.79 Å². The standard InChI is InChI=1S/C11H14FNO2/c1-7-3-4-9(12)5-8(7)6-10(13)11(14)15-2/h3-5,10H,6,13H2,1-2H3. The lowest BCUT2D eigenvalue weighted by Gasteiger charge is -2.11. The lowest BCUT2D eigenvalue weighted by molar-refractivity contribution is -0.142. The molecule has 0 saturated carbocycles. The van der Waals surface area contributed by atoms with Crippen LogP contribution in [0.2, 0.25) is 0 Å². The summed E-state index contributed by atoms with van der Waals surface area (Å²) in [6.45, 7) is 1.85.